The summed E-state index contributed by atoms with van der Waals surface area (Å²) in [5, 5.41) is 12.7. The quantitative estimate of drug-likeness (QED) is 0.814. The Hall–Kier alpha value is -1.39. The number of hydrogen-bond acceptors (Lipinski definition) is 3. The second-order valence-electron chi connectivity index (χ2n) is 6.87. The topological polar surface area (TPSA) is 58.6 Å². The summed E-state index contributed by atoms with van der Waals surface area (Å²) in [5.74, 6) is -0.147. The van der Waals surface area contributed by atoms with Crippen LogP contribution in [0.1, 0.15) is 46.3 Å². The van der Waals surface area contributed by atoms with Gasteiger partial charge in [-0.3, -0.25) is 4.79 Å². The highest BCUT2D eigenvalue weighted by molar-refractivity contribution is 5.78. The van der Waals surface area contributed by atoms with Gasteiger partial charge in [0.2, 0.25) is 5.91 Å². The summed E-state index contributed by atoms with van der Waals surface area (Å²) in [6.07, 6.45) is -0.790. The van der Waals surface area contributed by atoms with Gasteiger partial charge in [0, 0.05) is 12.5 Å². The van der Waals surface area contributed by atoms with Gasteiger partial charge in [0.15, 0.2) is 0 Å². The number of nitrogens with one attached hydrogen (secondary N) is 1. The largest absolute Gasteiger partial charge is 0.389 e. The summed E-state index contributed by atoms with van der Waals surface area (Å²) >= 11 is 0. The molecule has 0 fully saturated rings. The molecule has 0 heterocycles. The zero-order chi connectivity index (χ0) is 16.8. The highest BCUT2D eigenvalue weighted by atomic mass is 16.5. The second-order valence-corrected chi connectivity index (χ2v) is 6.87. The lowest BCUT2D eigenvalue weighted by Crippen LogP contribution is -2.41. The van der Waals surface area contributed by atoms with Crippen LogP contribution >= 0.6 is 0 Å². The molecule has 1 aromatic rings. The van der Waals surface area contributed by atoms with Crippen LogP contribution in [-0.2, 0) is 9.53 Å². The Morgan fingerprint density at radius 3 is 2.36 bits per heavy atom. The van der Waals surface area contributed by atoms with E-state index in [0.29, 0.717) is 0 Å². The van der Waals surface area contributed by atoms with Crippen LogP contribution < -0.4 is 5.32 Å². The lowest BCUT2D eigenvalue weighted by atomic mass is 9.81. The first-order valence-electron chi connectivity index (χ1n) is 7.84. The SMILES string of the molecule is C[C@H](OC[C@@H](O)CNC(=O)[C@H](C)C(C)(C)C)c1ccccc1. The van der Waals surface area contributed by atoms with Crippen molar-refractivity contribution in [3.63, 3.8) is 0 Å². The van der Waals surface area contributed by atoms with Crippen LogP contribution in [-0.4, -0.2) is 30.3 Å². The van der Waals surface area contributed by atoms with Crippen LogP contribution in [0, 0.1) is 11.3 Å². The van der Waals surface area contributed by atoms with Crippen LogP contribution in [0.4, 0.5) is 0 Å². The van der Waals surface area contributed by atoms with Gasteiger partial charge in [-0.1, -0.05) is 58.0 Å². The number of benzene rings is 1. The van der Waals surface area contributed by atoms with Crippen LogP contribution in [0.15, 0.2) is 30.3 Å². The van der Waals surface area contributed by atoms with Gasteiger partial charge < -0.3 is 15.2 Å². The van der Waals surface area contributed by atoms with E-state index in [1.165, 1.54) is 0 Å². The molecule has 4 heteroatoms. The summed E-state index contributed by atoms with van der Waals surface area (Å²) < 4.78 is 5.65. The molecule has 0 aliphatic carbocycles. The van der Waals surface area contributed by atoms with Gasteiger partial charge in [-0.25, -0.2) is 0 Å². The standard InChI is InChI=1S/C18H29NO3/c1-13(18(3,4)5)17(21)19-11-16(20)12-22-14(2)15-9-7-6-8-10-15/h6-10,13-14,16,20H,11-12H2,1-5H3,(H,19,21)/t13-,14-,16-/m0/s1. The van der Waals surface area contributed by atoms with Crippen LogP contribution in [0.5, 0.6) is 0 Å². The Balaban J connectivity index is 2.32. The third-order valence-electron chi connectivity index (χ3n) is 4.01. The van der Waals surface area contributed by atoms with E-state index in [4.69, 9.17) is 4.74 Å². The highest BCUT2D eigenvalue weighted by Gasteiger charge is 2.26. The molecule has 0 aliphatic rings. The smallest absolute Gasteiger partial charge is 0.223 e. The molecule has 2 N–H and O–H groups in total. The molecule has 1 amide bonds. The molecule has 1 aromatic carbocycles. The zero-order valence-electron chi connectivity index (χ0n) is 14.3. The van der Waals surface area contributed by atoms with Crippen LogP contribution in [0.3, 0.4) is 0 Å². The Morgan fingerprint density at radius 2 is 1.82 bits per heavy atom. The van der Waals surface area contributed by atoms with Crippen molar-refractivity contribution >= 4 is 5.91 Å². The number of carbonyl (C=O) groups excluding carboxylic acids is 1. The number of ether oxygens (including phenoxy) is 1. The molecule has 3 atom stereocenters. The minimum atomic E-state index is -0.706. The fraction of sp³-hybridized carbons (Fsp3) is 0.611. The molecule has 0 radical (unpaired) electrons. The average Bonchev–Trinajstić information content (AvgIpc) is 2.49. The summed E-state index contributed by atoms with van der Waals surface area (Å²) in [4.78, 5) is 12.0. The first-order chi connectivity index (χ1) is 10.2. The van der Waals surface area contributed by atoms with E-state index in [1.54, 1.807) is 0 Å². The van der Waals surface area contributed by atoms with E-state index < -0.39 is 6.10 Å². The number of aliphatic hydroxyl groups excluding tert-OH is 1. The second kappa shape index (κ2) is 8.30. The van der Waals surface area contributed by atoms with Gasteiger partial charge in [-0.15, -0.1) is 0 Å². The minimum Gasteiger partial charge on any atom is -0.389 e. The highest BCUT2D eigenvalue weighted by Crippen LogP contribution is 2.25. The lowest BCUT2D eigenvalue weighted by Gasteiger charge is -2.26. The summed E-state index contributed by atoms with van der Waals surface area (Å²) in [5.41, 5.74) is 0.980. The summed E-state index contributed by atoms with van der Waals surface area (Å²) in [6, 6.07) is 9.85. The molecule has 0 saturated carbocycles. The van der Waals surface area contributed by atoms with Crippen molar-refractivity contribution in [1.82, 2.24) is 5.32 Å². The van der Waals surface area contributed by atoms with Crippen molar-refractivity contribution in [1.29, 1.82) is 0 Å². The normalized spacial score (nSPS) is 15.9. The van der Waals surface area contributed by atoms with Gasteiger partial charge in [0.1, 0.15) is 0 Å². The van der Waals surface area contributed by atoms with Gasteiger partial charge in [-0.2, -0.15) is 0 Å². The number of aliphatic hydroxyl groups is 1. The first-order valence-corrected chi connectivity index (χ1v) is 7.84. The molecular weight excluding hydrogens is 278 g/mol. The molecule has 22 heavy (non-hydrogen) atoms. The predicted molar refractivity (Wildman–Crippen MR) is 88.4 cm³/mol. The van der Waals surface area contributed by atoms with E-state index in [9.17, 15) is 9.90 Å². The minimum absolute atomic E-state index is 0.0392. The fourth-order valence-corrected chi connectivity index (χ4v) is 1.90. The number of amides is 1. The number of carbonyl (C=O) groups is 1. The molecule has 0 unspecified atom stereocenters. The molecule has 4 nitrogen and oxygen atoms in total. The summed E-state index contributed by atoms with van der Waals surface area (Å²) in [6.45, 7) is 10.3. The van der Waals surface area contributed by atoms with Crippen molar-refractivity contribution in [2.75, 3.05) is 13.2 Å². The Morgan fingerprint density at radius 1 is 1.23 bits per heavy atom. The maximum Gasteiger partial charge on any atom is 0.223 e. The fourth-order valence-electron chi connectivity index (χ4n) is 1.90. The Kier molecular flexibility index (Phi) is 7.04. The van der Waals surface area contributed by atoms with Crippen LogP contribution in [0.2, 0.25) is 0 Å². The third-order valence-corrected chi connectivity index (χ3v) is 4.01. The van der Waals surface area contributed by atoms with E-state index in [2.05, 4.69) is 5.32 Å². The third kappa shape index (κ3) is 6.16. The van der Waals surface area contributed by atoms with Gasteiger partial charge >= 0.3 is 0 Å². The molecule has 0 saturated heterocycles. The predicted octanol–water partition coefficient (Wildman–Crippen LogP) is 2.92. The molecule has 0 aromatic heterocycles. The van der Waals surface area contributed by atoms with E-state index >= 15 is 0 Å². The van der Waals surface area contributed by atoms with E-state index in [-0.39, 0.29) is 36.5 Å². The zero-order valence-corrected chi connectivity index (χ0v) is 14.3. The van der Waals surface area contributed by atoms with E-state index in [1.807, 2.05) is 65.0 Å². The van der Waals surface area contributed by atoms with Crippen LogP contribution in [0.25, 0.3) is 0 Å². The molecule has 0 bridgehead atoms. The molecule has 0 aliphatic heterocycles. The average molecular weight is 307 g/mol. The van der Waals surface area contributed by atoms with Crippen molar-refractivity contribution in [3.05, 3.63) is 35.9 Å². The van der Waals surface area contributed by atoms with Crippen molar-refractivity contribution in [2.24, 2.45) is 11.3 Å². The monoisotopic (exact) mass is 307 g/mol. The van der Waals surface area contributed by atoms with E-state index in [0.717, 1.165) is 5.56 Å². The maximum atomic E-state index is 12.0. The van der Waals surface area contributed by atoms with Gasteiger partial charge in [0.05, 0.1) is 18.8 Å². The van der Waals surface area contributed by atoms with Crippen molar-refractivity contribution in [2.45, 2.75) is 46.8 Å². The Bertz CT molecular complexity index is 453. The molecular formula is C18H29NO3. The Labute approximate surface area is 133 Å². The van der Waals surface area contributed by atoms with Crippen molar-refractivity contribution < 1.29 is 14.6 Å². The number of rotatable bonds is 7. The molecule has 124 valence electrons. The first kappa shape index (κ1) is 18.7. The maximum absolute atomic E-state index is 12.0. The van der Waals surface area contributed by atoms with Gasteiger partial charge in [0.25, 0.3) is 0 Å². The summed E-state index contributed by atoms with van der Waals surface area (Å²) in [7, 11) is 0. The molecule has 0 spiro atoms. The molecule has 1 rings (SSSR count). The number of hydrogen-bond donors (Lipinski definition) is 2. The van der Waals surface area contributed by atoms with Crippen molar-refractivity contribution in [3.8, 4) is 0 Å². The van der Waals surface area contributed by atoms with Gasteiger partial charge in [-0.05, 0) is 17.9 Å². The lowest BCUT2D eigenvalue weighted by molar-refractivity contribution is -0.128.